The smallest absolute Gasteiger partial charge is 0.227 e. The van der Waals surface area contributed by atoms with Crippen LogP contribution in [0.2, 0.25) is 5.02 Å². The zero-order valence-electron chi connectivity index (χ0n) is 15.0. The van der Waals surface area contributed by atoms with Crippen molar-refractivity contribution in [2.45, 2.75) is 19.9 Å². The monoisotopic (exact) mass is 378 g/mol. The molecule has 4 rings (SSSR count). The molecule has 0 unspecified atom stereocenters. The molecule has 0 amide bonds. The van der Waals surface area contributed by atoms with Crippen molar-refractivity contribution in [3.63, 3.8) is 0 Å². The fraction of sp³-hybridized carbons (Fsp3) is 0.150. The van der Waals surface area contributed by atoms with Gasteiger partial charge in [-0.25, -0.2) is 9.97 Å². The van der Waals surface area contributed by atoms with E-state index in [0.717, 1.165) is 22.2 Å². The summed E-state index contributed by atoms with van der Waals surface area (Å²) < 4.78 is 2.20. The Morgan fingerprint density at radius 3 is 2.81 bits per heavy atom. The van der Waals surface area contributed by atoms with E-state index in [1.54, 1.807) is 30.6 Å². The number of hydrogen-bond acceptors (Lipinski definition) is 5. The second-order valence-electron chi connectivity index (χ2n) is 6.57. The number of nitrogen functional groups attached to an aromatic ring is 1. The van der Waals surface area contributed by atoms with E-state index in [4.69, 9.17) is 17.3 Å². The minimum absolute atomic E-state index is 0.316. The summed E-state index contributed by atoms with van der Waals surface area (Å²) in [5.41, 5.74) is 10.1. The Morgan fingerprint density at radius 2 is 2.00 bits per heavy atom. The van der Waals surface area contributed by atoms with Gasteiger partial charge in [-0.3, -0.25) is 4.98 Å². The summed E-state index contributed by atoms with van der Waals surface area (Å²) >= 11 is 6.24. The van der Waals surface area contributed by atoms with Crippen LogP contribution in [0.15, 0.2) is 55.1 Å². The highest BCUT2D eigenvalue weighted by atomic mass is 35.5. The Hall–Kier alpha value is -3.12. The minimum Gasteiger partial charge on any atom is -0.399 e. The maximum absolute atomic E-state index is 6.24. The number of hydrogen-bond donors (Lipinski definition) is 2. The molecule has 0 aliphatic heterocycles. The first-order valence-corrected chi connectivity index (χ1v) is 9.01. The van der Waals surface area contributed by atoms with E-state index in [9.17, 15) is 0 Å². The lowest BCUT2D eigenvalue weighted by Gasteiger charge is -2.09. The van der Waals surface area contributed by atoms with Crippen LogP contribution in [0.1, 0.15) is 19.9 Å². The van der Waals surface area contributed by atoms with Crippen molar-refractivity contribution in [2.24, 2.45) is 0 Å². The Balaban J connectivity index is 1.77. The third kappa shape index (κ3) is 3.31. The van der Waals surface area contributed by atoms with E-state index >= 15 is 0 Å². The number of nitrogens with zero attached hydrogens (tertiary/aromatic N) is 4. The van der Waals surface area contributed by atoms with Crippen molar-refractivity contribution in [3.05, 3.63) is 60.1 Å². The predicted octanol–water partition coefficient (Wildman–Crippen LogP) is 5.05. The van der Waals surface area contributed by atoms with Crippen LogP contribution >= 0.6 is 11.6 Å². The molecule has 0 spiro atoms. The highest BCUT2D eigenvalue weighted by Crippen LogP contribution is 2.32. The van der Waals surface area contributed by atoms with Crippen LogP contribution in [0.5, 0.6) is 0 Å². The summed E-state index contributed by atoms with van der Waals surface area (Å²) in [4.78, 5) is 13.3. The molecule has 0 aliphatic carbocycles. The highest BCUT2D eigenvalue weighted by Gasteiger charge is 2.14. The number of rotatable bonds is 4. The van der Waals surface area contributed by atoms with Gasteiger partial charge in [0.2, 0.25) is 5.95 Å². The first-order chi connectivity index (χ1) is 13.0. The molecule has 1 aromatic carbocycles. The molecule has 136 valence electrons. The van der Waals surface area contributed by atoms with Gasteiger partial charge in [0.15, 0.2) is 0 Å². The molecule has 6 nitrogen and oxygen atoms in total. The second kappa shape index (κ2) is 6.89. The molecule has 3 heterocycles. The number of nitrogens with two attached hydrogens (primary N) is 1. The predicted molar refractivity (Wildman–Crippen MR) is 110 cm³/mol. The first-order valence-electron chi connectivity index (χ1n) is 8.63. The standard InChI is InChI=1S/C20H19ClN6/c1-12(2)27-11-15(14-5-7-23-10-19(14)27)17-6-8-24-20(25-17)26-18-9-13(22)3-4-16(18)21/h3-12H,22H2,1-2H3,(H,24,25,26). The number of fused-ring (bicyclic) bond motifs is 1. The van der Waals surface area contributed by atoms with Gasteiger partial charge in [-0.05, 0) is 44.2 Å². The highest BCUT2D eigenvalue weighted by molar-refractivity contribution is 6.33. The van der Waals surface area contributed by atoms with Crippen LogP contribution in [0.3, 0.4) is 0 Å². The maximum atomic E-state index is 6.24. The number of halogens is 1. The fourth-order valence-electron chi connectivity index (χ4n) is 3.06. The van der Waals surface area contributed by atoms with E-state index in [2.05, 4.69) is 44.9 Å². The zero-order valence-corrected chi connectivity index (χ0v) is 15.8. The summed E-state index contributed by atoms with van der Waals surface area (Å²) in [6.45, 7) is 4.29. The van der Waals surface area contributed by atoms with Gasteiger partial charge >= 0.3 is 0 Å². The third-order valence-electron chi connectivity index (χ3n) is 4.36. The molecule has 3 aromatic heterocycles. The number of benzene rings is 1. The Kier molecular flexibility index (Phi) is 4.41. The quantitative estimate of drug-likeness (QED) is 0.485. The maximum Gasteiger partial charge on any atom is 0.227 e. The molecule has 0 bridgehead atoms. The largest absolute Gasteiger partial charge is 0.399 e. The lowest BCUT2D eigenvalue weighted by Crippen LogP contribution is -1.99. The fourth-order valence-corrected chi connectivity index (χ4v) is 3.22. The molecule has 4 aromatic rings. The van der Waals surface area contributed by atoms with E-state index in [0.29, 0.717) is 28.4 Å². The average molecular weight is 379 g/mol. The van der Waals surface area contributed by atoms with Crippen molar-refractivity contribution in [3.8, 4) is 11.3 Å². The van der Waals surface area contributed by atoms with E-state index < -0.39 is 0 Å². The van der Waals surface area contributed by atoms with Gasteiger partial charge in [0.25, 0.3) is 0 Å². The molecule has 7 heteroatoms. The molecule has 0 fully saturated rings. The summed E-state index contributed by atoms with van der Waals surface area (Å²) in [5, 5.41) is 4.81. The Morgan fingerprint density at radius 1 is 1.15 bits per heavy atom. The van der Waals surface area contributed by atoms with Crippen LogP contribution in [-0.4, -0.2) is 19.5 Å². The van der Waals surface area contributed by atoms with E-state index in [1.165, 1.54) is 0 Å². The average Bonchev–Trinajstić information content (AvgIpc) is 3.05. The SMILES string of the molecule is CC(C)n1cc(-c2ccnc(Nc3cc(N)ccc3Cl)n2)c2ccncc21. The molecule has 0 radical (unpaired) electrons. The summed E-state index contributed by atoms with van der Waals surface area (Å²) in [7, 11) is 0. The van der Waals surface area contributed by atoms with Crippen LogP contribution in [0.25, 0.3) is 22.2 Å². The van der Waals surface area contributed by atoms with Gasteiger partial charge in [0.1, 0.15) is 0 Å². The summed E-state index contributed by atoms with van der Waals surface area (Å²) in [6, 6.07) is 9.47. The third-order valence-corrected chi connectivity index (χ3v) is 4.69. The molecule has 3 N–H and O–H groups in total. The van der Waals surface area contributed by atoms with Gasteiger partial charge in [-0.1, -0.05) is 11.6 Å². The number of aromatic nitrogens is 4. The molecule has 0 saturated carbocycles. The number of anilines is 3. The number of pyridine rings is 1. The summed E-state index contributed by atoms with van der Waals surface area (Å²) in [5.74, 6) is 0.458. The van der Waals surface area contributed by atoms with Crippen LogP contribution in [0.4, 0.5) is 17.3 Å². The van der Waals surface area contributed by atoms with Gasteiger partial charge in [-0.15, -0.1) is 0 Å². The van der Waals surface area contributed by atoms with E-state index in [1.807, 2.05) is 18.3 Å². The topological polar surface area (TPSA) is 81.7 Å². The first kappa shape index (κ1) is 17.3. The number of nitrogens with one attached hydrogen (secondary N) is 1. The van der Waals surface area contributed by atoms with Gasteiger partial charge in [0.05, 0.1) is 28.1 Å². The van der Waals surface area contributed by atoms with Crippen molar-refractivity contribution in [1.82, 2.24) is 19.5 Å². The van der Waals surface area contributed by atoms with Crippen LogP contribution in [-0.2, 0) is 0 Å². The molecule has 27 heavy (non-hydrogen) atoms. The molecular weight excluding hydrogens is 360 g/mol. The van der Waals surface area contributed by atoms with Gasteiger partial charge < -0.3 is 15.6 Å². The van der Waals surface area contributed by atoms with Crippen molar-refractivity contribution in [1.29, 1.82) is 0 Å². The second-order valence-corrected chi connectivity index (χ2v) is 6.97. The van der Waals surface area contributed by atoms with Gasteiger partial charge in [-0.2, -0.15) is 0 Å². The molecule has 0 aliphatic rings. The van der Waals surface area contributed by atoms with Gasteiger partial charge in [0, 0.05) is 41.3 Å². The Labute approximate surface area is 162 Å². The van der Waals surface area contributed by atoms with Crippen LogP contribution < -0.4 is 11.1 Å². The normalized spacial score (nSPS) is 11.3. The van der Waals surface area contributed by atoms with Crippen LogP contribution in [0, 0.1) is 0 Å². The van der Waals surface area contributed by atoms with E-state index in [-0.39, 0.29) is 0 Å². The molecule has 0 atom stereocenters. The van der Waals surface area contributed by atoms with Crippen molar-refractivity contribution < 1.29 is 0 Å². The lowest BCUT2D eigenvalue weighted by atomic mass is 10.1. The molecule has 0 saturated heterocycles. The van der Waals surface area contributed by atoms with Crippen molar-refractivity contribution in [2.75, 3.05) is 11.1 Å². The summed E-state index contributed by atoms with van der Waals surface area (Å²) in [6.07, 6.45) is 7.51. The molecular formula is C20H19ClN6. The lowest BCUT2D eigenvalue weighted by molar-refractivity contribution is 0.622. The minimum atomic E-state index is 0.316. The van der Waals surface area contributed by atoms with Crippen molar-refractivity contribution >= 4 is 39.8 Å². The Bertz CT molecular complexity index is 1120. The zero-order chi connectivity index (χ0) is 19.0.